The van der Waals surface area contributed by atoms with Crippen molar-refractivity contribution in [1.29, 1.82) is 0 Å². The van der Waals surface area contributed by atoms with Crippen LogP contribution in [-0.4, -0.2) is 46.0 Å². The molecule has 1 N–H and O–H groups in total. The molecular formula is C14H22N4O. The number of piperidine rings is 1. The second kappa shape index (κ2) is 5.33. The number of hydrogen-bond donors (Lipinski definition) is 1. The summed E-state index contributed by atoms with van der Waals surface area (Å²) in [7, 11) is 1.89. The van der Waals surface area contributed by atoms with E-state index in [2.05, 4.69) is 10.3 Å². The highest BCUT2D eigenvalue weighted by molar-refractivity contribution is 5.92. The molecule has 1 aromatic rings. The van der Waals surface area contributed by atoms with Gasteiger partial charge >= 0.3 is 0 Å². The molecule has 104 valence electrons. The average Bonchev–Trinajstić information content (AvgIpc) is 3.17. The lowest BCUT2D eigenvalue weighted by Gasteiger charge is -2.32. The number of amides is 1. The molecule has 2 fully saturated rings. The second-order valence-electron chi connectivity index (χ2n) is 5.84. The minimum absolute atomic E-state index is 0.0706. The van der Waals surface area contributed by atoms with Gasteiger partial charge in [0.1, 0.15) is 5.69 Å². The van der Waals surface area contributed by atoms with Crippen LogP contribution in [0.4, 0.5) is 0 Å². The fourth-order valence-electron chi connectivity index (χ4n) is 2.63. The van der Waals surface area contributed by atoms with Gasteiger partial charge in [0.05, 0.1) is 6.33 Å². The number of aryl methyl sites for hydroxylation is 1. The molecule has 1 aliphatic carbocycles. The van der Waals surface area contributed by atoms with Gasteiger partial charge in [0.25, 0.3) is 5.91 Å². The van der Waals surface area contributed by atoms with E-state index >= 15 is 0 Å². The highest BCUT2D eigenvalue weighted by Gasteiger charge is 2.26. The van der Waals surface area contributed by atoms with Gasteiger partial charge in [0.2, 0.25) is 0 Å². The van der Waals surface area contributed by atoms with Crippen molar-refractivity contribution in [3.63, 3.8) is 0 Å². The maximum atomic E-state index is 12.2. The van der Waals surface area contributed by atoms with Crippen LogP contribution in [0.3, 0.4) is 0 Å². The molecule has 19 heavy (non-hydrogen) atoms. The lowest BCUT2D eigenvalue weighted by Crippen LogP contribution is -2.45. The van der Waals surface area contributed by atoms with Crippen LogP contribution in [-0.2, 0) is 7.05 Å². The van der Waals surface area contributed by atoms with E-state index in [4.69, 9.17) is 0 Å². The van der Waals surface area contributed by atoms with Gasteiger partial charge in [0, 0.05) is 32.4 Å². The Morgan fingerprint density at radius 3 is 2.68 bits per heavy atom. The summed E-state index contributed by atoms with van der Waals surface area (Å²) in [4.78, 5) is 18.3. The fraction of sp³-hybridized carbons (Fsp3) is 0.714. The molecule has 0 unspecified atom stereocenters. The van der Waals surface area contributed by atoms with Crippen molar-refractivity contribution in [3.8, 4) is 0 Å². The van der Waals surface area contributed by atoms with E-state index in [1.54, 1.807) is 12.5 Å². The van der Waals surface area contributed by atoms with Gasteiger partial charge in [-0.1, -0.05) is 0 Å². The highest BCUT2D eigenvalue weighted by Crippen LogP contribution is 2.28. The van der Waals surface area contributed by atoms with Crippen molar-refractivity contribution >= 4 is 5.91 Å². The summed E-state index contributed by atoms with van der Waals surface area (Å²) in [5.41, 5.74) is 0.562. The van der Waals surface area contributed by atoms with Crippen LogP contribution in [0.25, 0.3) is 0 Å². The third-order valence-corrected chi connectivity index (χ3v) is 4.10. The first-order chi connectivity index (χ1) is 9.22. The number of hydrogen-bond acceptors (Lipinski definition) is 3. The monoisotopic (exact) mass is 262 g/mol. The SMILES string of the molecule is Cn1cnc(C(=O)N2CCC(NCC3CC3)CC2)c1. The highest BCUT2D eigenvalue weighted by atomic mass is 16.2. The molecule has 1 saturated heterocycles. The largest absolute Gasteiger partial charge is 0.340 e. The predicted octanol–water partition coefficient (Wildman–Crippen LogP) is 1.02. The maximum absolute atomic E-state index is 12.2. The van der Waals surface area contributed by atoms with Crippen LogP contribution in [0.2, 0.25) is 0 Å². The minimum atomic E-state index is 0.0706. The Kier molecular flexibility index (Phi) is 3.55. The Morgan fingerprint density at radius 1 is 1.37 bits per heavy atom. The van der Waals surface area contributed by atoms with Crippen molar-refractivity contribution in [3.05, 3.63) is 18.2 Å². The normalized spacial score (nSPS) is 20.8. The lowest BCUT2D eigenvalue weighted by atomic mass is 10.0. The summed E-state index contributed by atoms with van der Waals surface area (Å²) in [6, 6.07) is 0.591. The number of rotatable bonds is 4. The average molecular weight is 262 g/mol. The van der Waals surface area contributed by atoms with Gasteiger partial charge in [-0.15, -0.1) is 0 Å². The molecule has 0 spiro atoms. The van der Waals surface area contributed by atoms with E-state index in [-0.39, 0.29) is 5.91 Å². The Bertz CT molecular complexity index is 444. The fourth-order valence-corrected chi connectivity index (χ4v) is 2.63. The zero-order valence-corrected chi connectivity index (χ0v) is 11.5. The molecule has 0 aromatic carbocycles. The van der Waals surface area contributed by atoms with Gasteiger partial charge in [0.15, 0.2) is 0 Å². The van der Waals surface area contributed by atoms with E-state index in [0.29, 0.717) is 11.7 Å². The Hall–Kier alpha value is -1.36. The zero-order chi connectivity index (χ0) is 13.2. The molecule has 0 bridgehead atoms. The summed E-state index contributed by atoms with van der Waals surface area (Å²) in [5.74, 6) is 0.995. The molecule has 2 heterocycles. The molecular weight excluding hydrogens is 240 g/mol. The standard InChI is InChI=1S/C14H22N4O/c1-17-9-13(16-10-17)14(19)18-6-4-12(5-7-18)15-8-11-2-3-11/h9-12,15H,2-8H2,1H3. The van der Waals surface area contributed by atoms with Crippen LogP contribution >= 0.6 is 0 Å². The minimum Gasteiger partial charge on any atom is -0.340 e. The summed E-state index contributed by atoms with van der Waals surface area (Å²) < 4.78 is 1.82. The summed E-state index contributed by atoms with van der Waals surface area (Å²) in [6.45, 7) is 2.86. The topological polar surface area (TPSA) is 50.2 Å². The number of likely N-dealkylation sites (tertiary alicyclic amines) is 1. The molecule has 2 aliphatic rings. The molecule has 0 radical (unpaired) electrons. The van der Waals surface area contributed by atoms with Crippen molar-refractivity contribution in [2.24, 2.45) is 13.0 Å². The second-order valence-corrected chi connectivity index (χ2v) is 5.84. The first-order valence-corrected chi connectivity index (χ1v) is 7.23. The smallest absolute Gasteiger partial charge is 0.274 e. The molecule has 5 heteroatoms. The Balaban J connectivity index is 1.47. The predicted molar refractivity (Wildman–Crippen MR) is 72.9 cm³/mol. The van der Waals surface area contributed by atoms with Gasteiger partial charge < -0.3 is 14.8 Å². The lowest BCUT2D eigenvalue weighted by molar-refractivity contribution is 0.0699. The number of carbonyl (C=O) groups excluding carboxylic acids is 1. The van der Waals surface area contributed by atoms with Gasteiger partial charge in [-0.05, 0) is 38.1 Å². The van der Waals surface area contributed by atoms with Crippen LogP contribution in [0.1, 0.15) is 36.2 Å². The first-order valence-electron chi connectivity index (χ1n) is 7.23. The molecule has 1 aliphatic heterocycles. The van der Waals surface area contributed by atoms with Crippen molar-refractivity contribution in [2.75, 3.05) is 19.6 Å². The van der Waals surface area contributed by atoms with Crippen molar-refractivity contribution in [2.45, 2.75) is 31.7 Å². The third kappa shape index (κ3) is 3.15. The number of aromatic nitrogens is 2. The van der Waals surface area contributed by atoms with Crippen LogP contribution in [0.15, 0.2) is 12.5 Å². The number of imidazole rings is 1. The van der Waals surface area contributed by atoms with Gasteiger partial charge in [-0.25, -0.2) is 4.98 Å². The maximum Gasteiger partial charge on any atom is 0.274 e. The Morgan fingerprint density at radius 2 is 2.11 bits per heavy atom. The Labute approximate surface area is 114 Å². The van der Waals surface area contributed by atoms with E-state index in [0.717, 1.165) is 31.8 Å². The van der Waals surface area contributed by atoms with E-state index in [9.17, 15) is 4.79 Å². The van der Waals surface area contributed by atoms with E-state index < -0.39 is 0 Å². The third-order valence-electron chi connectivity index (χ3n) is 4.10. The molecule has 0 atom stereocenters. The summed E-state index contributed by atoms with van der Waals surface area (Å²) in [6.07, 6.45) is 8.38. The van der Waals surface area contributed by atoms with E-state index in [1.807, 2.05) is 16.5 Å². The number of carbonyl (C=O) groups is 1. The van der Waals surface area contributed by atoms with Crippen LogP contribution < -0.4 is 5.32 Å². The van der Waals surface area contributed by atoms with Crippen LogP contribution in [0.5, 0.6) is 0 Å². The molecule has 1 aromatic heterocycles. The molecule has 3 rings (SSSR count). The van der Waals surface area contributed by atoms with Crippen LogP contribution in [0, 0.1) is 5.92 Å². The van der Waals surface area contributed by atoms with Gasteiger partial charge in [-0.2, -0.15) is 0 Å². The first kappa shape index (κ1) is 12.7. The summed E-state index contributed by atoms with van der Waals surface area (Å²) in [5, 5.41) is 3.63. The number of nitrogens with one attached hydrogen (secondary N) is 1. The zero-order valence-electron chi connectivity index (χ0n) is 11.5. The molecule has 1 amide bonds. The van der Waals surface area contributed by atoms with E-state index in [1.165, 1.54) is 19.4 Å². The number of nitrogens with zero attached hydrogens (tertiary/aromatic N) is 3. The summed E-state index contributed by atoms with van der Waals surface area (Å²) >= 11 is 0. The van der Waals surface area contributed by atoms with Crippen molar-refractivity contribution in [1.82, 2.24) is 19.8 Å². The van der Waals surface area contributed by atoms with Gasteiger partial charge in [-0.3, -0.25) is 4.79 Å². The molecule has 5 nitrogen and oxygen atoms in total. The quantitative estimate of drug-likeness (QED) is 0.881. The van der Waals surface area contributed by atoms with Crippen molar-refractivity contribution < 1.29 is 4.79 Å². The molecule has 1 saturated carbocycles.